The van der Waals surface area contributed by atoms with Gasteiger partial charge in [0.25, 0.3) is 5.56 Å². The van der Waals surface area contributed by atoms with Gasteiger partial charge in [-0.15, -0.1) is 0 Å². The molecule has 118 valence electrons. The molecule has 1 fully saturated rings. The molecule has 1 aliphatic heterocycles. The lowest BCUT2D eigenvalue weighted by molar-refractivity contribution is 0.638. The fourth-order valence-electron chi connectivity index (χ4n) is 2.90. The molecular formula is C15H17N7O. The van der Waals surface area contributed by atoms with Crippen molar-refractivity contribution in [2.45, 2.75) is 0 Å². The van der Waals surface area contributed by atoms with Gasteiger partial charge in [0.2, 0.25) is 0 Å². The van der Waals surface area contributed by atoms with Crippen molar-refractivity contribution in [3.8, 4) is 0 Å². The summed E-state index contributed by atoms with van der Waals surface area (Å²) in [6, 6.07) is 3.61. The van der Waals surface area contributed by atoms with Gasteiger partial charge in [0.05, 0.1) is 18.1 Å². The van der Waals surface area contributed by atoms with Crippen molar-refractivity contribution in [3.05, 3.63) is 47.3 Å². The molecule has 0 N–H and O–H groups in total. The van der Waals surface area contributed by atoms with E-state index >= 15 is 0 Å². The molecule has 1 saturated heterocycles. The number of fused-ring (bicyclic) bond motifs is 1. The molecule has 3 aromatic rings. The molecule has 0 bridgehead atoms. The van der Waals surface area contributed by atoms with Crippen molar-refractivity contribution in [1.29, 1.82) is 0 Å². The average Bonchev–Trinajstić information content (AvgIpc) is 3.06. The molecule has 1 aliphatic rings. The highest BCUT2D eigenvalue weighted by molar-refractivity contribution is 5.68. The van der Waals surface area contributed by atoms with Gasteiger partial charge >= 0.3 is 0 Å². The first-order chi connectivity index (χ1) is 11.2. The Morgan fingerprint density at radius 3 is 2.61 bits per heavy atom. The molecule has 0 spiro atoms. The summed E-state index contributed by atoms with van der Waals surface area (Å²) in [5.41, 5.74) is 1.80. The first kappa shape index (κ1) is 13.7. The largest absolute Gasteiger partial charge is 0.367 e. The Hall–Kier alpha value is -2.90. The zero-order chi connectivity index (χ0) is 15.8. The molecule has 0 aliphatic carbocycles. The van der Waals surface area contributed by atoms with Crippen LogP contribution >= 0.6 is 0 Å². The highest BCUT2D eigenvalue weighted by Crippen LogP contribution is 2.21. The molecule has 0 saturated carbocycles. The van der Waals surface area contributed by atoms with Crippen LogP contribution in [0, 0.1) is 0 Å². The third kappa shape index (κ3) is 2.41. The summed E-state index contributed by atoms with van der Waals surface area (Å²) in [7, 11) is 1.65. The van der Waals surface area contributed by atoms with Crippen molar-refractivity contribution in [2.24, 2.45) is 7.05 Å². The van der Waals surface area contributed by atoms with Crippen molar-refractivity contribution in [3.63, 3.8) is 0 Å². The van der Waals surface area contributed by atoms with E-state index in [0.717, 1.165) is 43.2 Å². The molecule has 23 heavy (non-hydrogen) atoms. The average molecular weight is 311 g/mol. The second-order valence-electron chi connectivity index (χ2n) is 5.56. The number of nitrogens with zero attached hydrogens (tertiary/aromatic N) is 7. The summed E-state index contributed by atoms with van der Waals surface area (Å²) < 4.78 is 3.17. The highest BCUT2D eigenvalue weighted by Gasteiger charge is 2.20. The van der Waals surface area contributed by atoms with Crippen LogP contribution in [0.15, 0.2) is 41.7 Å². The van der Waals surface area contributed by atoms with Crippen LogP contribution < -0.4 is 15.4 Å². The summed E-state index contributed by atoms with van der Waals surface area (Å²) in [5, 5.41) is 8.34. The van der Waals surface area contributed by atoms with E-state index in [-0.39, 0.29) is 5.56 Å². The summed E-state index contributed by atoms with van der Waals surface area (Å²) in [4.78, 5) is 20.7. The third-order valence-electron chi connectivity index (χ3n) is 4.20. The number of aryl methyl sites for hydroxylation is 1. The second-order valence-corrected chi connectivity index (χ2v) is 5.56. The van der Waals surface area contributed by atoms with E-state index in [9.17, 15) is 4.79 Å². The molecule has 0 radical (unpaired) electrons. The normalized spacial score (nSPS) is 15.3. The van der Waals surface area contributed by atoms with Crippen LogP contribution in [-0.4, -0.2) is 50.6 Å². The zero-order valence-electron chi connectivity index (χ0n) is 12.8. The van der Waals surface area contributed by atoms with Crippen molar-refractivity contribution in [2.75, 3.05) is 36.0 Å². The summed E-state index contributed by atoms with van der Waals surface area (Å²) in [6.45, 7) is 3.33. The second kappa shape index (κ2) is 5.38. The maximum atomic E-state index is 11.7. The van der Waals surface area contributed by atoms with Gasteiger partial charge in [-0.1, -0.05) is 0 Å². The van der Waals surface area contributed by atoms with Gasteiger partial charge in [-0.25, -0.2) is 14.2 Å². The van der Waals surface area contributed by atoms with Crippen LogP contribution in [0.1, 0.15) is 0 Å². The van der Waals surface area contributed by atoms with Crippen molar-refractivity contribution >= 4 is 17.0 Å². The van der Waals surface area contributed by atoms with Gasteiger partial charge in [0, 0.05) is 51.7 Å². The molecule has 0 aromatic carbocycles. The standard InChI is InChI=1S/C15H17N7O/c1-19-14(23)10-12(11-18-19)20-6-8-21(9-7-20)15-13-2-3-17-22(13)5-4-16-15/h2-5,10-11H,6-9H2,1H3. The zero-order valence-corrected chi connectivity index (χ0v) is 12.8. The van der Waals surface area contributed by atoms with Gasteiger partial charge < -0.3 is 9.80 Å². The van der Waals surface area contributed by atoms with Crippen LogP contribution in [0.4, 0.5) is 11.5 Å². The maximum Gasteiger partial charge on any atom is 0.268 e. The Bertz CT molecular complexity index is 892. The van der Waals surface area contributed by atoms with E-state index in [2.05, 4.69) is 25.0 Å². The van der Waals surface area contributed by atoms with E-state index < -0.39 is 0 Å². The van der Waals surface area contributed by atoms with E-state index in [1.165, 1.54) is 4.68 Å². The van der Waals surface area contributed by atoms with Gasteiger partial charge in [0.15, 0.2) is 5.82 Å². The van der Waals surface area contributed by atoms with E-state index in [1.807, 2.05) is 16.8 Å². The summed E-state index contributed by atoms with van der Waals surface area (Å²) in [6.07, 6.45) is 7.14. The van der Waals surface area contributed by atoms with Gasteiger partial charge in [-0.05, 0) is 6.07 Å². The van der Waals surface area contributed by atoms with Crippen LogP contribution in [0.2, 0.25) is 0 Å². The Kier molecular flexibility index (Phi) is 3.22. The minimum atomic E-state index is -0.0874. The fraction of sp³-hybridized carbons (Fsp3) is 0.333. The number of rotatable bonds is 2. The smallest absolute Gasteiger partial charge is 0.268 e. The number of hydrogen-bond donors (Lipinski definition) is 0. The van der Waals surface area contributed by atoms with Crippen LogP contribution in [0.5, 0.6) is 0 Å². The number of aromatic nitrogens is 5. The van der Waals surface area contributed by atoms with Crippen LogP contribution in [0.25, 0.3) is 5.52 Å². The highest BCUT2D eigenvalue weighted by atomic mass is 16.1. The fourth-order valence-corrected chi connectivity index (χ4v) is 2.90. The van der Waals surface area contributed by atoms with Gasteiger partial charge in [-0.3, -0.25) is 4.79 Å². The Labute approximate surface area is 132 Å². The van der Waals surface area contributed by atoms with Crippen LogP contribution in [0.3, 0.4) is 0 Å². The summed E-state index contributed by atoms with van der Waals surface area (Å²) in [5.74, 6) is 0.951. The Morgan fingerprint density at radius 1 is 1.04 bits per heavy atom. The van der Waals surface area contributed by atoms with Gasteiger partial charge in [0.1, 0.15) is 5.52 Å². The van der Waals surface area contributed by atoms with Crippen molar-refractivity contribution < 1.29 is 0 Å². The molecule has 0 unspecified atom stereocenters. The molecule has 4 rings (SSSR count). The minimum Gasteiger partial charge on any atom is -0.367 e. The molecule has 0 amide bonds. The summed E-state index contributed by atoms with van der Waals surface area (Å²) >= 11 is 0. The van der Waals surface area contributed by atoms with Crippen molar-refractivity contribution in [1.82, 2.24) is 24.4 Å². The number of hydrogen-bond acceptors (Lipinski definition) is 6. The molecule has 8 heteroatoms. The molecule has 0 atom stereocenters. The Balaban J connectivity index is 1.54. The third-order valence-corrected chi connectivity index (χ3v) is 4.20. The molecule has 4 heterocycles. The lowest BCUT2D eigenvalue weighted by Crippen LogP contribution is -2.47. The topological polar surface area (TPSA) is 71.6 Å². The quantitative estimate of drug-likeness (QED) is 0.671. The number of anilines is 2. The van der Waals surface area contributed by atoms with E-state index in [0.29, 0.717) is 0 Å². The minimum absolute atomic E-state index is 0.0874. The van der Waals surface area contributed by atoms with E-state index in [4.69, 9.17) is 0 Å². The predicted molar refractivity (Wildman–Crippen MR) is 86.9 cm³/mol. The lowest BCUT2D eigenvalue weighted by atomic mass is 10.2. The Morgan fingerprint density at radius 2 is 1.83 bits per heavy atom. The molecular weight excluding hydrogens is 294 g/mol. The molecule has 3 aromatic heterocycles. The lowest BCUT2D eigenvalue weighted by Gasteiger charge is -2.36. The molecule has 8 nitrogen and oxygen atoms in total. The number of piperazine rings is 1. The first-order valence-corrected chi connectivity index (χ1v) is 7.54. The SMILES string of the molecule is Cn1ncc(N2CCN(c3nccn4nccc34)CC2)cc1=O. The van der Waals surface area contributed by atoms with E-state index in [1.54, 1.807) is 31.7 Å². The predicted octanol–water partition coefficient (Wildman–Crippen LogP) is 0.150. The monoisotopic (exact) mass is 311 g/mol. The maximum absolute atomic E-state index is 11.7. The van der Waals surface area contributed by atoms with Crippen LogP contribution in [-0.2, 0) is 7.05 Å². The first-order valence-electron chi connectivity index (χ1n) is 7.54. The van der Waals surface area contributed by atoms with Gasteiger partial charge in [-0.2, -0.15) is 10.2 Å².